The topological polar surface area (TPSA) is 78.5 Å². The zero-order chi connectivity index (χ0) is 21.3. The molecule has 1 saturated heterocycles. The maximum absolute atomic E-state index is 11.9. The number of hydrogen-bond donors (Lipinski definition) is 2. The van der Waals surface area contributed by atoms with Crippen molar-refractivity contribution in [1.29, 1.82) is 0 Å². The first kappa shape index (κ1) is 23.7. The van der Waals surface area contributed by atoms with Gasteiger partial charge in [-0.05, 0) is 63.1 Å². The van der Waals surface area contributed by atoms with Crippen molar-refractivity contribution in [3.63, 3.8) is 0 Å². The van der Waals surface area contributed by atoms with E-state index in [0.717, 1.165) is 76.3 Å². The highest BCUT2D eigenvalue weighted by Crippen LogP contribution is 2.15. The van der Waals surface area contributed by atoms with E-state index >= 15 is 0 Å². The highest BCUT2D eigenvalue weighted by molar-refractivity contribution is 7.92. The van der Waals surface area contributed by atoms with Crippen LogP contribution in [0.15, 0.2) is 24.3 Å². The Labute approximate surface area is 176 Å². The number of carbonyl (C=O) groups is 1. The summed E-state index contributed by atoms with van der Waals surface area (Å²) >= 11 is 0. The molecule has 6 nitrogen and oxygen atoms in total. The maximum atomic E-state index is 11.9. The van der Waals surface area contributed by atoms with E-state index in [1.54, 1.807) is 6.07 Å². The van der Waals surface area contributed by atoms with E-state index in [2.05, 4.69) is 23.9 Å². The molecule has 2 rings (SSSR count). The van der Waals surface area contributed by atoms with E-state index in [0.29, 0.717) is 23.7 Å². The summed E-state index contributed by atoms with van der Waals surface area (Å²) in [6.45, 7) is 6.20. The second kappa shape index (κ2) is 11.6. The van der Waals surface area contributed by atoms with Crippen LogP contribution < -0.4 is 10.0 Å². The highest BCUT2D eigenvalue weighted by atomic mass is 32.2. The first-order chi connectivity index (χ1) is 13.8. The monoisotopic (exact) mass is 423 g/mol. The molecule has 7 heteroatoms. The molecule has 164 valence electrons. The van der Waals surface area contributed by atoms with Crippen molar-refractivity contribution in [2.75, 3.05) is 24.1 Å². The fourth-order valence-electron chi connectivity index (χ4n) is 3.99. The molecule has 0 aliphatic carbocycles. The molecule has 1 aliphatic rings. The van der Waals surface area contributed by atoms with Crippen LogP contribution in [-0.2, 0) is 21.2 Å². The molecule has 1 amide bonds. The minimum Gasteiger partial charge on any atom is -0.343 e. The van der Waals surface area contributed by atoms with Gasteiger partial charge in [0.05, 0.1) is 6.26 Å². The van der Waals surface area contributed by atoms with Crippen molar-refractivity contribution in [2.45, 2.75) is 77.3 Å². The Morgan fingerprint density at radius 2 is 2.00 bits per heavy atom. The van der Waals surface area contributed by atoms with Crippen molar-refractivity contribution in [3.8, 4) is 0 Å². The second-order valence-corrected chi connectivity index (χ2v) is 10.0. The quantitative estimate of drug-likeness (QED) is 0.504. The third-order valence-corrected chi connectivity index (χ3v) is 6.04. The lowest BCUT2D eigenvalue weighted by atomic mass is 10.0. The van der Waals surface area contributed by atoms with Gasteiger partial charge in [-0.1, -0.05) is 25.5 Å². The lowest BCUT2D eigenvalue weighted by Gasteiger charge is -2.27. The Bertz CT molecular complexity index is 751. The fraction of sp³-hybridized carbons (Fsp3) is 0.682. The fourth-order valence-corrected chi connectivity index (χ4v) is 4.54. The van der Waals surface area contributed by atoms with Crippen LogP contribution in [0.5, 0.6) is 0 Å². The molecule has 1 aromatic carbocycles. The average molecular weight is 424 g/mol. The number of amides is 1. The van der Waals surface area contributed by atoms with Crippen molar-refractivity contribution in [2.24, 2.45) is 0 Å². The van der Waals surface area contributed by atoms with E-state index < -0.39 is 10.0 Å². The number of piperidine rings is 1. The zero-order valence-electron chi connectivity index (χ0n) is 18.1. The number of unbranched alkanes of at least 4 members (excludes halogenated alkanes) is 1. The number of sulfonamides is 1. The van der Waals surface area contributed by atoms with Crippen LogP contribution in [0.3, 0.4) is 0 Å². The van der Waals surface area contributed by atoms with Crippen molar-refractivity contribution in [3.05, 3.63) is 29.8 Å². The molecule has 2 unspecified atom stereocenters. The first-order valence-corrected chi connectivity index (χ1v) is 12.8. The summed E-state index contributed by atoms with van der Waals surface area (Å²) in [6.07, 6.45) is 9.28. The summed E-state index contributed by atoms with van der Waals surface area (Å²) in [6, 6.07) is 8.34. The largest absolute Gasteiger partial charge is 0.343 e. The molecule has 1 aliphatic heterocycles. The van der Waals surface area contributed by atoms with E-state index in [9.17, 15) is 13.2 Å². The van der Waals surface area contributed by atoms with E-state index in [1.807, 2.05) is 23.1 Å². The third kappa shape index (κ3) is 9.17. The highest BCUT2D eigenvalue weighted by Gasteiger charge is 2.17. The molecule has 1 fully saturated rings. The van der Waals surface area contributed by atoms with E-state index in [-0.39, 0.29) is 0 Å². The molecule has 0 radical (unpaired) electrons. The number of anilines is 1. The average Bonchev–Trinajstić information content (AvgIpc) is 2.64. The van der Waals surface area contributed by atoms with Gasteiger partial charge < -0.3 is 10.2 Å². The summed E-state index contributed by atoms with van der Waals surface area (Å²) in [5.41, 5.74) is 1.72. The van der Waals surface area contributed by atoms with Gasteiger partial charge in [0.1, 0.15) is 0 Å². The van der Waals surface area contributed by atoms with Gasteiger partial charge in [0.2, 0.25) is 15.9 Å². The SMILES string of the molecule is CCC(CCCCN1CCCCC1=O)NC(C)Cc1cccc(NS(C)(=O)=O)c1. The van der Waals surface area contributed by atoms with Crippen molar-refractivity contribution < 1.29 is 13.2 Å². The third-order valence-electron chi connectivity index (χ3n) is 5.44. The first-order valence-electron chi connectivity index (χ1n) is 10.9. The minimum absolute atomic E-state index is 0.303. The van der Waals surface area contributed by atoms with Crippen LogP contribution in [0, 0.1) is 0 Å². The molecule has 2 atom stereocenters. The van der Waals surface area contributed by atoms with Crippen LogP contribution in [0.4, 0.5) is 5.69 Å². The lowest BCUT2D eigenvalue weighted by Crippen LogP contribution is -2.38. The summed E-state index contributed by atoms with van der Waals surface area (Å²) in [4.78, 5) is 13.9. The Kier molecular flexibility index (Phi) is 9.43. The maximum Gasteiger partial charge on any atom is 0.229 e. The molecule has 0 spiro atoms. The van der Waals surface area contributed by atoms with Crippen LogP contribution in [0.25, 0.3) is 0 Å². The molecule has 1 aromatic rings. The molecular weight excluding hydrogens is 386 g/mol. The number of benzene rings is 1. The number of nitrogens with one attached hydrogen (secondary N) is 2. The summed E-state index contributed by atoms with van der Waals surface area (Å²) in [5, 5.41) is 3.71. The standard InChI is InChI=1S/C22H37N3O3S/c1-4-20(11-5-7-14-25-15-8-6-13-22(25)26)23-18(2)16-19-10-9-12-21(17-19)24-29(3,27)28/h9-10,12,17-18,20,23-24H,4-8,11,13-16H2,1-3H3. The summed E-state index contributed by atoms with van der Waals surface area (Å²) < 4.78 is 25.4. The number of rotatable bonds is 12. The molecule has 0 saturated carbocycles. The summed E-state index contributed by atoms with van der Waals surface area (Å²) in [7, 11) is -3.26. The number of nitrogens with zero attached hydrogens (tertiary/aromatic N) is 1. The Balaban J connectivity index is 1.74. The molecular formula is C22H37N3O3S. The van der Waals surface area contributed by atoms with Gasteiger partial charge in [0.15, 0.2) is 0 Å². The Morgan fingerprint density at radius 3 is 2.69 bits per heavy atom. The predicted octanol–water partition coefficient (Wildman–Crippen LogP) is 3.54. The number of likely N-dealkylation sites (tertiary alicyclic amines) is 1. The van der Waals surface area contributed by atoms with Crippen molar-refractivity contribution in [1.82, 2.24) is 10.2 Å². The predicted molar refractivity (Wildman–Crippen MR) is 120 cm³/mol. The molecule has 29 heavy (non-hydrogen) atoms. The van der Waals surface area contributed by atoms with Crippen molar-refractivity contribution >= 4 is 21.6 Å². The smallest absolute Gasteiger partial charge is 0.229 e. The number of hydrogen-bond acceptors (Lipinski definition) is 4. The van der Waals surface area contributed by atoms with Gasteiger partial charge in [-0.25, -0.2) is 8.42 Å². The van der Waals surface area contributed by atoms with Crippen LogP contribution in [0.1, 0.15) is 64.4 Å². The van der Waals surface area contributed by atoms with Gasteiger partial charge in [-0.3, -0.25) is 9.52 Å². The molecule has 1 heterocycles. The molecule has 2 N–H and O–H groups in total. The van der Waals surface area contributed by atoms with Gasteiger partial charge in [-0.15, -0.1) is 0 Å². The van der Waals surface area contributed by atoms with Gasteiger partial charge >= 0.3 is 0 Å². The van der Waals surface area contributed by atoms with Gasteiger partial charge in [0, 0.05) is 37.3 Å². The zero-order valence-corrected chi connectivity index (χ0v) is 18.9. The summed E-state index contributed by atoms with van der Waals surface area (Å²) in [5.74, 6) is 0.322. The van der Waals surface area contributed by atoms with E-state index in [1.165, 1.54) is 0 Å². The van der Waals surface area contributed by atoms with Gasteiger partial charge in [0.25, 0.3) is 0 Å². The van der Waals surface area contributed by atoms with Crippen LogP contribution in [-0.4, -0.2) is 50.7 Å². The molecule has 0 aromatic heterocycles. The van der Waals surface area contributed by atoms with E-state index in [4.69, 9.17) is 0 Å². The van der Waals surface area contributed by atoms with Crippen LogP contribution in [0.2, 0.25) is 0 Å². The minimum atomic E-state index is -3.26. The van der Waals surface area contributed by atoms with Gasteiger partial charge in [-0.2, -0.15) is 0 Å². The Hall–Kier alpha value is -1.60. The lowest BCUT2D eigenvalue weighted by molar-refractivity contribution is -0.133. The molecule has 0 bridgehead atoms. The number of carbonyl (C=O) groups excluding carboxylic acids is 1. The normalized spacial score (nSPS) is 17.2. The van der Waals surface area contributed by atoms with Crippen LogP contribution >= 0.6 is 0 Å². The second-order valence-electron chi connectivity index (χ2n) is 8.29. The Morgan fingerprint density at radius 1 is 1.21 bits per heavy atom.